The molecule has 0 heterocycles. The fraction of sp³-hybridized carbons (Fsp3) is 0.538. The van der Waals surface area contributed by atoms with E-state index < -0.39 is 39.1 Å². The second-order valence-corrected chi connectivity index (χ2v) is 13.8. The Balaban J connectivity index is 2.30. The zero-order valence-electron chi connectivity index (χ0n) is 24.2. The van der Waals surface area contributed by atoms with Crippen LogP contribution in [0.25, 0.3) is 10.8 Å². The van der Waals surface area contributed by atoms with Crippen LogP contribution < -0.4 is 19.2 Å². The molecule has 2 aromatic rings. The fourth-order valence-corrected chi connectivity index (χ4v) is 6.94. The van der Waals surface area contributed by atoms with Crippen molar-refractivity contribution in [1.82, 2.24) is 10.2 Å². The summed E-state index contributed by atoms with van der Waals surface area (Å²) in [6.45, 7) is 9.92. The minimum absolute atomic E-state index is 0.241. The van der Waals surface area contributed by atoms with Crippen molar-refractivity contribution in [2.75, 3.05) is 26.9 Å². The number of nitrogens with one attached hydrogen (secondary N) is 2. The van der Waals surface area contributed by atoms with E-state index in [0.717, 1.165) is 0 Å². The SMILES string of the molecule is COCP(=O)(N[C@@H](C)C(=O)OC(C)C)Oc1ccc2c(OP(=O)(COC)N[C@@H](C)C(=O)OC(C)C)cccc2c1. The Bertz CT molecular complexity index is 1250. The van der Waals surface area contributed by atoms with Crippen LogP contribution in [0.3, 0.4) is 0 Å². The third-order valence-corrected chi connectivity index (χ3v) is 8.86. The van der Waals surface area contributed by atoms with Crippen molar-refractivity contribution < 1.29 is 46.7 Å². The van der Waals surface area contributed by atoms with Crippen molar-refractivity contribution in [3.63, 3.8) is 0 Å². The van der Waals surface area contributed by atoms with E-state index in [1.807, 2.05) is 0 Å². The number of rotatable bonds is 16. The molecule has 2 N–H and O–H groups in total. The predicted molar refractivity (Wildman–Crippen MR) is 152 cm³/mol. The maximum Gasteiger partial charge on any atom is 0.342 e. The lowest BCUT2D eigenvalue weighted by Gasteiger charge is -2.24. The summed E-state index contributed by atoms with van der Waals surface area (Å²) in [6.07, 6.45) is -1.26. The van der Waals surface area contributed by atoms with Crippen molar-refractivity contribution in [2.24, 2.45) is 0 Å². The lowest BCUT2D eigenvalue weighted by molar-refractivity contribution is -0.149. The first-order valence-electron chi connectivity index (χ1n) is 12.8. The lowest BCUT2D eigenvalue weighted by atomic mass is 10.1. The van der Waals surface area contributed by atoms with Crippen LogP contribution in [0.4, 0.5) is 0 Å². The molecule has 40 heavy (non-hydrogen) atoms. The summed E-state index contributed by atoms with van der Waals surface area (Å²) in [6, 6.07) is 8.10. The van der Waals surface area contributed by atoms with Crippen molar-refractivity contribution in [2.45, 2.75) is 65.8 Å². The number of fused-ring (bicyclic) bond motifs is 1. The molecular weight excluding hydrogens is 562 g/mol. The van der Waals surface area contributed by atoms with Crippen molar-refractivity contribution in [1.29, 1.82) is 0 Å². The number of ether oxygens (including phenoxy) is 4. The first-order chi connectivity index (χ1) is 18.7. The van der Waals surface area contributed by atoms with Gasteiger partial charge in [0.05, 0.1) is 12.2 Å². The van der Waals surface area contributed by atoms with E-state index in [1.54, 1.807) is 64.1 Å². The molecule has 0 amide bonds. The van der Waals surface area contributed by atoms with Gasteiger partial charge in [-0.15, -0.1) is 0 Å². The van der Waals surface area contributed by atoms with Crippen molar-refractivity contribution in [3.8, 4) is 11.5 Å². The normalized spacial score (nSPS) is 16.1. The zero-order chi connectivity index (χ0) is 30.1. The summed E-state index contributed by atoms with van der Waals surface area (Å²) in [5, 5.41) is 6.63. The van der Waals surface area contributed by atoms with E-state index in [-0.39, 0.29) is 36.4 Å². The van der Waals surface area contributed by atoms with Crippen LogP contribution in [0.15, 0.2) is 36.4 Å². The van der Waals surface area contributed by atoms with E-state index in [4.69, 9.17) is 28.0 Å². The van der Waals surface area contributed by atoms with Gasteiger partial charge in [0.1, 0.15) is 36.3 Å². The van der Waals surface area contributed by atoms with Crippen molar-refractivity contribution >= 4 is 37.8 Å². The number of methoxy groups -OCH3 is 2. The summed E-state index contributed by atoms with van der Waals surface area (Å²) in [4.78, 5) is 24.5. The quantitative estimate of drug-likeness (QED) is 0.196. The van der Waals surface area contributed by atoms with Gasteiger partial charge in [0, 0.05) is 19.6 Å². The molecule has 0 bridgehead atoms. The van der Waals surface area contributed by atoms with Gasteiger partial charge in [0.25, 0.3) is 0 Å². The number of carbonyl (C=O) groups is 2. The van der Waals surface area contributed by atoms with Gasteiger partial charge < -0.3 is 28.0 Å². The van der Waals surface area contributed by atoms with E-state index in [9.17, 15) is 18.7 Å². The van der Waals surface area contributed by atoms with Crippen LogP contribution in [0.1, 0.15) is 41.5 Å². The maximum atomic E-state index is 13.6. The summed E-state index contributed by atoms with van der Waals surface area (Å²) in [5.41, 5.74) is 0. The standard InChI is InChI=1S/C26H40N2O10P2/c1-17(2)35-25(29)19(5)27-39(31,15-33-7)37-22-12-13-23-21(14-22)10-9-11-24(23)38-40(32,16-34-8)28-20(6)26(30)36-18(3)4/h9-14,17-20H,15-16H2,1-8H3,(H,27,31)(H,28,32)/t19-,20-,39?,40?/m0/s1. The first kappa shape index (κ1) is 33.7. The minimum Gasteiger partial charge on any atom is -0.462 e. The van der Waals surface area contributed by atoms with E-state index in [1.165, 1.54) is 28.1 Å². The molecule has 2 rings (SSSR count). The predicted octanol–water partition coefficient (Wildman–Crippen LogP) is 5.05. The first-order valence-corrected chi connectivity index (χ1v) is 16.4. The van der Waals surface area contributed by atoms with Gasteiger partial charge in [0.15, 0.2) is 0 Å². The van der Waals surface area contributed by atoms with Crippen LogP contribution in [0.2, 0.25) is 0 Å². The van der Waals surface area contributed by atoms with Crippen molar-refractivity contribution in [3.05, 3.63) is 36.4 Å². The average Bonchev–Trinajstić information content (AvgIpc) is 2.83. The molecule has 0 aliphatic heterocycles. The van der Waals surface area contributed by atoms with Crippen LogP contribution >= 0.6 is 15.0 Å². The molecule has 0 radical (unpaired) electrons. The molecule has 0 aliphatic rings. The monoisotopic (exact) mass is 602 g/mol. The molecule has 0 aliphatic carbocycles. The van der Waals surface area contributed by atoms with Gasteiger partial charge in [0.2, 0.25) is 0 Å². The van der Waals surface area contributed by atoms with Crippen LogP contribution in [-0.2, 0) is 37.7 Å². The Kier molecular flexibility index (Phi) is 12.6. The summed E-state index contributed by atoms with van der Waals surface area (Å²) < 4.78 is 59.3. The average molecular weight is 603 g/mol. The molecule has 0 saturated heterocycles. The molecule has 12 nitrogen and oxygen atoms in total. The summed E-state index contributed by atoms with van der Waals surface area (Å²) in [5.74, 6) is -0.638. The molecule has 0 fully saturated rings. The highest BCUT2D eigenvalue weighted by molar-refractivity contribution is 7.57. The Morgan fingerprint density at radius 3 is 1.73 bits per heavy atom. The summed E-state index contributed by atoms with van der Waals surface area (Å²) in [7, 11) is -4.65. The third kappa shape index (κ3) is 10.2. The molecule has 0 saturated carbocycles. The van der Waals surface area contributed by atoms with Crippen LogP contribution in [0.5, 0.6) is 11.5 Å². The van der Waals surface area contributed by atoms with Crippen LogP contribution in [-0.4, -0.2) is 63.1 Å². The summed E-state index contributed by atoms with van der Waals surface area (Å²) >= 11 is 0. The maximum absolute atomic E-state index is 13.6. The van der Waals surface area contributed by atoms with Gasteiger partial charge in [-0.05, 0) is 71.2 Å². The van der Waals surface area contributed by atoms with Gasteiger partial charge >= 0.3 is 27.0 Å². The second-order valence-electron chi connectivity index (χ2n) is 9.68. The minimum atomic E-state index is -3.71. The molecule has 2 unspecified atom stereocenters. The molecule has 4 atom stereocenters. The molecule has 0 spiro atoms. The lowest BCUT2D eigenvalue weighted by Crippen LogP contribution is -2.36. The van der Waals surface area contributed by atoms with E-state index in [2.05, 4.69) is 10.2 Å². The number of hydrogen-bond acceptors (Lipinski definition) is 10. The molecular formula is C26H40N2O10P2. The van der Waals surface area contributed by atoms with E-state index >= 15 is 0 Å². The highest BCUT2D eigenvalue weighted by Gasteiger charge is 2.32. The number of carbonyl (C=O) groups excluding carboxylic acids is 2. The smallest absolute Gasteiger partial charge is 0.342 e. The van der Waals surface area contributed by atoms with Crippen LogP contribution in [0, 0.1) is 0 Å². The number of hydrogen-bond donors (Lipinski definition) is 2. The Hall–Kier alpha value is -2.46. The topological polar surface area (TPSA) is 148 Å². The Morgan fingerprint density at radius 2 is 1.25 bits per heavy atom. The largest absolute Gasteiger partial charge is 0.462 e. The van der Waals surface area contributed by atoms with E-state index in [0.29, 0.717) is 10.8 Å². The Labute approximate surface area is 235 Å². The molecule has 2 aromatic carbocycles. The van der Waals surface area contributed by atoms with Gasteiger partial charge in [-0.3, -0.25) is 18.7 Å². The molecule has 14 heteroatoms. The zero-order valence-corrected chi connectivity index (χ0v) is 26.0. The fourth-order valence-electron chi connectivity index (χ4n) is 3.58. The second kappa shape index (κ2) is 15.0. The van der Waals surface area contributed by atoms with Gasteiger partial charge in [-0.2, -0.15) is 0 Å². The highest BCUT2D eigenvalue weighted by atomic mass is 31.2. The number of benzene rings is 2. The third-order valence-electron chi connectivity index (χ3n) is 5.10. The Morgan fingerprint density at radius 1 is 0.750 bits per heavy atom. The number of esters is 2. The molecule has 224 valence electrons. The van der Waals surface area contributed by atoms with Gasteiger partial charge in [-0.1, -0.05) is 12.1 Å². The van der Waals surface area contributed by atoms with Gasteiger partial charge in [-0.25, -0.2) is 10.2 Å². The molecule has 0 aromatic heterocycles. The highest BCUT2D eigenvalue weighted by Crippen LogP contribution is 2.47.